The zero-order valence-electron chi connectivity index (χ0n) is 62.3. The first-order valence-electron chi connectivity index (χ1n) is 39.7. The van der Waals surface area contributed by atoms with Gasteiger partial charge in [-0.2, -0.15) is 0 Å². The average molecular weight is 1460 g/mol. The number of nitrogens with zero attached hydrogens (tertiary/aromatic N) is 5. The maximum Gasteiger partial charge on any atom is 0.256 e. The van der Waals surface area contributed by atoms with Gasteiger partial charge >= 0.3 is 0 Å². The molecule has 0 atom stereocenters. The van der Waals surface area contributed by atoms with Gasteiger partial charge in [0.05, 0.1) is 49.7 Å². The van der Waals surface area contributed by atoms with Gasteiger partial charge in [0, 0.05) is 93.4 Å². The minimum absolute atomic E-state index is 0.353. The number of para-hydroxylation sites is 6. The van der Waals surface area contributed by atoms with Crippen molar-refractivity contribution in [2.24, 2.45) is 0 Å². The number of aromatic nitrogens is 5. The van der Waals surface area contributed by atoms with Crippen molar-refractivity contribution in [2.45, 2.75) is 0 Å². The van der Waals surface area contributed by atoms with Crippen molar-refractivity contribution < 1.29 is 4.74 Å². The van der Waals surface area contributed by atoms with E-state index in [-0.39, 0.29) is 6.71 Å². The molecule has 0 unspecified atom stereocenters. The fourth-order valence-corrected chi connectivity index (χ4v) is 20.1. The van der Waals surface area contributed by atoms with Crippen LogP contribution in [0.5, 0.6) is 11.5 Å². The van der Waals surface area contributed by atoms with Crippen LogP contribution in [0.25, 0.3) is 204 Å². The van der Waals surface area contributed by atoms with Gasteiger partial charge in [0.2, 0.25) is 0 Å². The van der Waals surface area contributed by atoms with Crippen LogP contribution in [-0.4, -0.2) is 29.5 Å². The summed E-state index contributed by atoms with van der Waals surface area (Å²) in [6.45, 7) is -0.353. The van der Waals surface area contributed by atoms with Crippen LogP contribution in [0.4, 0.5) is 0 Å². The summed E-state index contributed by atoms with van der Waals surface area (Å²) in [5, 5.41) is 12.0. The van der Waals surface area contributed by atoms with E-state index in [1.165, 1.54) is 70.6 Å². The standard InChI is InChI=1S/C108H66BN5O/c1-4-28-67(29-5-1)76-34-10-12-37-79(76)70-58-92(81-39-15-14-36-78(81)69-32-8-3-9-33-69)108-94(59-70)109-93-66-75(113-100-51-27-21-45-87(100)89-63-73(53-56-102(89)113)111-97-48-24-18-42-84(97)85-43-19-25-49-98(85)111)65-91-90-64-74(54-57-103(90)114(107(91)93)104-60-71(61-105(115-108)106(104)109)80-38-13-11-35-77(80)68-30-6-2-7-31-68)112-99-50-26-20-44-86(99)88-62-72(52-55-101(88)112)110-95-46-22-16-40-82(95)83-41-17-23-47-96(83)110/h1-66H. The van der Waals surface area contributed by atoms with Gasteiger partial charge in [-0.3, -0.25) is 0 Å². The van der Waals surface area contributed by atoms with Crippen LogP contribution in [-0.2, 0) is 0 Å². The highest BCUT2D eigenvalue weighted by atomic mass is 16.5. The fourth-order valence-electron chi connectivity index (χ4n) is 20.1. The number of hydrogen-bond donors (Lipinski definition) is 0. The van der Waals surface area contributed by atoms with E-state index in [4.69, 9.17) is 4.74 Å². The molecule has 0 aliphatic carbocycles. The van der Waals surface area contributed by atoms with E-state index in [1.807, 2.05) is 0 Å². The van der Waals surface area contributed by atoms with Crippen LogP contribution in [0.2, 0.25) is 0 Å². The smallest absolute Gasteiger partial charge is 0.256 e. The Bertz CT molecular complexity index is 7970. The molecule has 0 spiro atoms. The Kier molecular flexibility index (Phi) is 13.6. The minimum Gasteiger partial charge on any atom is -0.458 e. The highest BCUT2D eigenvalue weighted by molar-refractivity contribution is 6.99. The van der Waals surface area contributed by atoms with Crippen LogP contribution < -0.4 is 21.1 Å². The Labute approximate surface area is 662 Å². The topological polar surface area (TPSA) is 33.9 Å². The lowest BCUT2D eigenvalue weighted by atomic mass is 9.34. The minimum atomic E-state index is -0.353. The molecule has 0 amide bonds. The number of ether oxygens (including phenoxy) is 1. The first-order chi connectivity index (χ1) is 57.1. The molecule has 0 saturated carbocycles. The molecule has 25 rings (SSSR count). The average Bonchev–Trinajstić information content (AvgIpc) is 1.61. The molecule has 7 heterocycles. The second-order valence-corrected chi connectivity index (χ2v) is 30.9. The number of hydrogen-bond acceptors (Lipinski definition) is 1. The van der Waals surface area contributed by atoms with Gasteiger partial charge in [-0.15, -0.1) is 0 Å². The molecular weight excluding hydrogens is 1390 g/mol. The van der Waals surface area contributed by atoms with E-state index in [1.54, 1.807) is 0 Å². The lowest BCUT2D eigenvalue weighted by Crippen LogP contribution is -2.58. The van der Waals surface area contributed by atoms with Crippen molar-refractivity contribution in [1.29, 1.82) is 0 Å². The molecule has 5 aromatic heterocycles. The number of rotatable bonds is 10. The second kappa shape index (κ2) is 24.7. The highest BCUT2D eigenvalue weighted by Gasteiger charge is 2.43. The third-order valence-corrected chi connectivity index (χ3v) is 24.9. The predicted molar refractivity (Wildman–Crippen MR) is 482 cm³/mol. The van der Waals surface area contributed by atoms with Crippen molar-refractivity contribution in [1.82, 2.24) is 22.8 Å². The Morgan fingerprint density at radius 3 is 0.930 bits per heavy atom. The number of benzene rings is 18. The second-order valence-electron chi connectivity index (χ2n) is 30.9. The van der Waals surface area contributed by atoms with E-state index < -0.39 is 0 Å². The fraction of sp³-hybridized carbons (Fsp3) is 0. The maximum absolute atomic E-state index is 8.13. The van der Waals surface area contributed by atoms with Crippen LogP contribution in [0.1, 0.15) is 0 Å². The molecular formula is C108H66BN5O. The first-order valence-corrected chi connectivity index (χ1v) is 39.7. The van der Waals surface area contributed by atoms with Crippen molar-refractivity contribution >= 4 is 132 Å². The predicted octanol–water partition coefficient (Wildman–Crippen LogP) is 26.1. The summed E-state index contributed by atoms with van der Waals surface area (Å²) in [6.07, 6.45) is 0. The third kappa shape index (κ3) is 9.35. The largest absolute Gasteiger partial charge is 0.458 e. The van der Waals surface area contributed by atoms with Gasteiger partial charge in [0.1, 0.15) is 11.5 Å². The molecule has 2 aliphatic rings. The van der Waals surface area contributed by atoms with Gasteiger partial charge in [-0.1, -0.05) is 279 Å². The van der Waals surface area contributed by atoms with Gasteiger partial charge in [-0.25, -0.2) is 0 Å². The summed E-state index contributed by atoms with van der Waals surface area (Å²) in [7, 11) is 0. The molecule has 115 heavy (non-hydrogen) atoms. The van der Waals surface area contributed by atoms with Crippen LogP contribution >= 0.6 is 0 Å². The zero-order valence-corrected chi connectivity index (χ0v) is 62.3. The van der Waals surface area contributed by atoms with Gasteiger partial charge in [-0.05, 0) is 199 Å². The third-order valence-electron chi connectivity index (χ3n) is 24.9. The summed E-state index contributed by atoms with van der Waals surface area (Å²) in [4.78, 5) is 0. The molecule has 0 N–H and O–H groups in total. The summed E-state index contributed by atoms with van der Waals surface area (Å²) < 4.78 is 20.7. The molecule has 7 heteroatoms. The molecule has 0 radical (unpaired) electrons. The molecule has 2 aliphatic heterocycles. The highest BCUT2D eigenvalue weighted by Crippen LogP contribution is 2.50. The first kappa shape index (κ1) is 63.6. The Morgan fingerprint density at radius 1 is 0.191 bits per heavy atom. The van der Waals surface area contributed by atoms with Gasteiger partial charge < -0.3 is 27.6 Å². The molecule has 18 aromatic carbocycles. The molecule has 6 nitrogen and oxygen atoms in total. The summed E-state index contributed by atoms with van der Waals surface area (Å²) >= 11 is 0. The van der Waals surface area contributed by atoms with Crippen LogP contribution in [0, 0.1) is 0 Å². The molecule has 532 valence electrons. The molecule has 0 bridgehead atoms. The summed E-state index contributed by atoms with van der Waals surface area (Å²) in [6, 6.07) is 149. The van der Waals surface area contributed by atoms with E-state index in [0.717, 1.165) is 161 Å². The van der Waals surface area contributed by atoms with Crippen molar-refractivity contribution in [3.8, 4) is 107 Å². The Morgan fingerprint density at radius 2 is 0.504 bits per heavy atom. The van der Waals surface area contributed by atoms with Gasteiger partial charge in [0.25, 0.3) is 6.71 Å². The summed E-state index contributed by atoms with van der Waals surface area (Å²) in [5.74, 6) is 1.67. The van der Waals surface area contributed by atoms with Gasteiger partial charge in [0.15, 0.2) is 0 Å². The van der Waals surface area contributed by atoms with Crippen LogP contribution in [0.15, 0.2) is 400 Å². The van der Waals surface area contributed by atoms with Crippen molar-refractivity contribution in [3.63, 3.8) is 0 Å². The van der Waals surface area contributed by atoms with Crippen molar-refractivity contribution in [3.05, 3.63) is 400 Å². The van der Waals surface area contributed by atoms with E-state index in [9.17, 15) is 0 Å². The lowest BCUT2D eigenvalue weighted by Gasteiger charge is -2.35. The van der Waals surface area contributed by atoms with E-state index >= 15 is 0 Å². The molecule has 23 aromatic rings. The molecule has 0 saturated heterocycles. The van der Waals surface area contributed by atoms with Crippen molar-refractivity contribution in [2.75, 3.05) is 0 Å². The Balaban J connectivity index is 0.802. The maximum atomic E-state index is 8.13. The van der Waals surface area contributed by atoms with Crippen LogP contribution in [0.3, 0.4) is 0 Å². The summed E-state index contributed by atoms with van der Waals surface area (Å²) in [5.41, 5.74) is 33.9. The van der Waals surface area contributed by atoms with E-state index in [2.05, 4.69) is 423 Å². The molecule has 0 fully saturated rings. The SMILES string of the molecule is c1ccc(-c2ccccc2-c2cc3c(c(-c4ccccc4-c4ccccc4)c2)Oc2cc(-c4ccccc4-c4ccccc4)cc4c2B3c2cc(-n3c5ccccc5c5cc(-n6c7ccccc7c7ccccc76)ccc53)cc3c5cc(-n6c7ccccc7c7cc(-n8c9ccccc9c9ccccc98)ccc76)ccc5n-4c23)cc1. The lowest BCUT2D eigenvalue weighted by molar-refractivity contribution is 0.489. The quantitative estimate of drug-likeness (QED) is 0.126. The van der Waals surface area contributed by atoms with E-state index in [0.29, 0.717) is 0 Å². The number of fused-ring (bicyclic) bond motifs is 19. The normalized spacial score (nSPS) is 12.4. The Hall–Kier alpha value is -15.2. The monoisotopic (exact) mass is 1460 g/mol. The zero-order chi connectivity index (χ0) is 75.1.